The zero-order chi connectivity index (χ0) is 17.0. The number of benzene rings is 1. The fraction of sp³-hybridized carbons (Fsp3) is 0.526. The van der Waals surface area contributed by atoms with Crippen LogP contribution in [0.1, 0.15) is 25.3 Å². The minimum atomic E-state index is 0. The molecule has 1 aliphatic rings. The topological polar surface area (TPSA) is 54.9 Å². The highest BCUT2D eigenvalue weighted by molar-refractivity contribution is 14.0. The molecule has 0 saturated heterocycles. The maximum absolute atomic E-state index is 5.33. The number of nitrogens with zero attached hydrogens (tertiary/aromatic N) is 1. The summed E-state index contributed by atoms with van der Waals surface area (Å²) in [5, 5.41) is 6.70. The monoisotopic (exact) mass is 459 g/mol. The van der Waals surface area contributed by atoms with Crippen LogP contribution >= 0.6 is 24.0 Å². The van der Waals surface area contributed by atoms with Crippen molar-refractivity contribution in [1.82, 2.24) is 10.6 Å². The molecule has 0 amide bonds. The lowest BCUT2D eigenvalue weighted by Gasteiger charge is -2.14. The zero-order valence-electron chi connectivity index (χ0n) is 15.2. The third-order valence-electron chi connectivity index (χ3n) is 3.97. The van der Waals surface area contributed by atoms with Crippen molar-refractivity contribution < 1.29 is 9.47 Å². The number of methoxy groups -OCH3 is 1. The van der Waals surface area contributed by atoms with Crippen LogP contribution in [0.15, 0.2) is 40.9 Å². The summed E-state index contributed by atoms with van der Waals surface area (Å²) >= 11 is 0. The fourth-order valence-electron chi connectivity index (χ4n) is 2.56. The molecule has 1 aromatic carbocycles. The second-order valence-corrected chi connectivity index (χ2v) is 5.72. The van der Waals surface area contributed by atoms with Gasteiger partial charge in [0.25, 0.3) is 0 Å². The summed E-state index contributed by atoms with van der Waals surface area (Å²) in [6, 6.07) is 8.19. The maximum Gasteiger partial charge on any atom is 0.191 e. The van der Waals surface area contributed by atoms with Gasteiger partial charge < -0.3 is 20.1 Å². The zero-order valence-corrected chi connectivity index (χ0v) is 17.5. The molecule has 6 heteroatoms. The largest absolute Gasteiger partial charge is 0.497 e. The first-order chi connectivity index (χ1) is 11.8. The quantitative estimate of drug-likeness (QED) is 0.272. The van der Waals surface area contributed by atoms with Crippen molar-refractivity contribution in [3.63, 3.8) is 0 Å². The lowest BCUT2D eigenvalue weighted by atomic mass is 10.1. The van der Waals surface area contributed by atoms with Crippen molar-refractivity contribution >= 4 is 29.9 Å². The Morgan fingerprint density at radius 3 is 2.64 bits per heavy atom. The van der Waals surface area contributed by atoms with Crippen LogP contribution in [0, 0.1) is 0 Å². The molecule has 0 radical (unpaired) electrons. The fourth-order valence-corrected chi connectivity index (χ4v) is 2.56. The molecule has 0 spiro atoms. The predicted octanol–water partition coefficient (Wildman–Crippen LogP) is 3.15. The molecule has 0 aliphatic carbocycles. The number of halogens is 1. The van der Waals surface area contributed by atoms with Crippen LogP contribution in [-0.4, -0.2) is 45.9 Å². The van der Waals surface area contributed by atoms with E-state index in [1.54, 1.807) is 7.11 Å². The lowest BCUT2D eigenvalue weighted by molar-refractivity contribution is 0.153. The average molecular weight is 459 g/mol. The van der Waals surface area contributed by atoms with E-state index in [1.165, 1.54) is 11.1 Å². The summed E-state index contributed by atoms with van der Waals surface area (Å²) in [5.74, 6) is 1.78. The summed E-state index contributed by atoms with van der Waals surface area (Å²) in [5.41, 5.74) is 2.74. The van der Waals surface area contributed by atoms with Crippen LogP contribution in [-0.2, 0) is 11.2 Å². The molecule has 0 aromatic heterocycles. The van der Waals surface area contributed by atoms with Crippen molar-refractivity contribution in [2.24, 2.45) is 4.99 Å². The first kappa shape index (κ1) is 21.8. The SMILES string of the molecule is CCNC(=NCCC1=CCOCC1)NCCc1ccc(OC)cc1.I. The molecular weight excluding hydrogens is 429 g/mol. The van der Waals surface area contributed by atoms with Gasteiger partial charge in [0.2, 0.25) is 0 Å². The van der Waals surface area contributed by atoms with E-state index in [-0.39, 0.29) is 24.0 Å². The third-order valence-corrected chi connectivity index (χ3v) is 3.97. The van der Waals surface area contributed by atoms with E-state index in [0.717, 1.165) is 63.8 Å². The normalized spacial score (nSPS) is 14.3. The average Bonchev–Trinajstić information content (AvgIpc) is 2.63. The van der Waals surface area contributed by atoms with Crippen LogP contribution in [0.3, 0.4) is 0 Å². The van der Waals surface area contributed by atoms with E-state index in [9.17, 15) is 0 Å². The molecule has 25 heavy (non-hydrogen) atoms. The van der Waals surface area contributed by atoms with Crippen LogP contribution in [0.5, 0.6) is 5.75 Å². The Balaban J connectivity index is 0.00000312. The van der Waals surface area contributed by atoms with Crippen LogP contribution in [0.25, 0.3) is 0 Å². The number of hydrogen-bond donors (Lipinski definition) is 2. The van der Waals surface area contributed by atoms with Crippen molar-refractivity contribution in [1.29, 1.82) is 0 Å². The Kier molecular flexibility index (Phi) is 11.3. The highest BCUT2D eigenvalue weighted by Crippen LogP contribution is 2.12. The van der Waals surface area contributed by atoms with Crippen LogP contribution in [0.4, 0.5) is 0 Å². The van der Waals surface area contributed by atoms with Crippen molar-refractivity contribution in [3.05, 3.63) is 41.5 Å². The lowest BCUT2D eigenvalue weighted by Crippen LogP contribution is -2.38. The van der Waals surface area contributed by atoms with Gasteiger partial charge >= 0.3 is 0 Å². The molecule has 0 fully saturated rings. The standard InChI is InChI=1S/C19H29N3O2.HI/c1-3-20-19(22-13-9-17-10-14-24-15-11-17)21-12-8-16-4-6-18(23-2)7-5-16;/h4-7,10H,3,8-9,11-15H2,1-2H3,(H2,20,21,22);1H. The minimum absolute atomic E-state index is 0. The first-order valence-corrected chi connectivity index (χ1v) is 8.72. The Hall–Kier alpha value is -1.28. The van der Waals surface area contributed by atoms with Crippen molar-refractivity contribution in [2.45, 2.75) is 26.2 Å². The van der Waals surface area contributed by atoms with Gasteiger partial charge in [-0.25, -0.2) is 0 Å². The van der Waals surface area contributed by atoms with E-state index >= 15 is 0 Å². The van der Waals surface area contributed by atoms with Crippen LogP contribution < -0.4 is 15.4 Å². The number of hydrogen-bond acceptors (Lipinski definition) is 3. The summed E-state index contributed by atoms with van der Waals surface area (Å²) in [6.07, 6.45) is 5.19. The van der Waals surface area contributed by atoms with Gasteiger partial charge in [-0.1, -0.05) is 23.8 Å². The molecule has 2 rings (SSSR count). The summed E-state index contributed by atoms with van der Waals surface area (Å²) in [7, 11) is 1.69. The molecule has 140 valence electrons. The Labute approximate surface area is 168 Å². The number of rotatable bonds is 8. The summed E-state index contributed by atoms with van der Waals surface area (Å²) < 4.78 is 10.5. The Morgan fingerprint density at radius 1 is 1.20 bits per heavy atom. The van der Waals surface area contributed by atoms with Gasteiger partial charge in [0.1, 0.15) is 5.75 Å². The second kappa shape index (κ2) is 13.0. The Morgan fingerprint density at radius 2 is 2.00 bits per heavy atom. The molecule has 0 atom stereocenters. The van der Waals surface area contributed by atoms with E-state index < -0.39 is 0 Å². The van der Waals surface area contributed by atoms with E-state index in [1.807, 2.05) is 12.1 Å². The van der Waals surface area contributed by atoms with Gasteiger partial charge in [-0.3, -0.25) is 4.99 Å². The van der Waals surface area contributed by atoms with Gasteiger partial charge in [0, 0.05) is 19.6 Å². The van der Waals surface area contributed by atoms with Crippen molar-refractivity contribution in [3.8, 4) is 5.75 Å². The maximum atomic E-state index is 5.33. The minimum Gasteiger partial charge on any atom is -0.497 e. The number of aliphatic imine (C=N–C) groups is 1. The molecule has 0 unspecified atom stereocenters. The molecule has 0 saturated carbocycles. The molecule has 1 aliphatic heterocycles. The number of nitrogens with one attached hydrogen (secondary N) is 2. The molecule has 0 bridgehead atoms. The van der Waals surface area contributed by atoms with E-state index in [4.69, 9.17) is 9.47 Å². The van der Waals surface area contributed by atoms with Gasteiger partial charge in [0.05, 0.1) is 20.3 Å². The van der Waals surface area contributed by atoms with E-state index in [0.29, 0.717) is 0 Å². The Bertz CT molecular complexity index is 544. The highest BCUT2D eigenvalue weighted by Gasteiger charge is 2.03. The van der Waals surface area contributed by atoms with Crippen LogP contribution in [0.2, 0.25) is 0 Å². The molecule has 1 aromatic rings. The molecular formula is C19H30IN3O2. The van der Waals surface area contributed by atoms with Gasteiger partial charge in [0.15, 0.2) is 5.96 Å². The van der Waals surface area contributed by atoms with Crippen molar-refractivity contribution in [2.75, 3.05) is 40.0 Å². The molecule has 2 N–H and O–H groups in total. The third kappa shape index (κ3) is 8.58. The highest BCUT2D eigenvalue weighted by atomic mass is 127. The van der Waals surface area contributed by atoms with Gasteiger partial charge in [-0.15, -0.1) is 24.0 Å². The molecule has 5 nitrogen and oxygen atoms in total. The number of guanidine groups is 1. The summed E-state index contributed by atoms with van der Waals surface area (Å²) in [4.78, 5) is 4.66. The second-order valence-electron chi connectivity index (χ2n) is 5.72. The summed E-state index contributed by atoms with van der Waals surface area (Å²) in [6.45, 7) is 6.21. The smallest absolute Gasteiger partial charge is 0.191 e. The first-order valence-electron chi connectivity index (χ1n) is 8.72. The van der Waals surface area contributed by atoms with Gasteiger partial charge in [-0.05, 0) is 43.9 Å². The van der Waals surface area contributed by atoms with Gasteiger partial charge in [-0.2, -0.15) is 0 Å². The molecule has 1 heterocycles. The predicted molar refractivity (Wildman–Crippen MR) is 114 cm³/mol. The van der Waals surface area contributed by atoms with E-state index in [2.05, 4.69) is 40.8 Å². The number of ether oxygens (including phenoxy) is 2.